The third-order valence-corrected chi connectivity index (χ3v) is 8.31. The SMILES string of the molecule is C[C@]1(C(=O)Nc2nc(-c3cc4ccccc4o3)cs2)CC2c3ccccc3C1c1ccccc12. The minimum Gasteiger partial charge on any atom is -0.454 e. The summed E-state index contributed by atoms with van der Waals surface area (Å²) in [5.41, 5.74) is 6.28. The lowest BCUT2D eigenvalue weighted by atomic mass is 9.52. The number of para-hydroxylation sites is 1. The molecule has 3 aliphatic carbocycles. The van der Waals surface area contributed by atoms with Gasteiger partial charge in [-0.05, 0) is 47.7 Å². The molecule has 0 aliphatic heterocycles. The number of rotatable bonds is 3. The molecule has 2 aromatic heterocycles. The summed E-state index contributed by atoms with van der Waals surface area (Å²) in [6.07, 6.45) is 0.791. The minimum absolute atomic E-state index is 0.0250. The predicted octanol–water partition coefficient (Wildman–Crippen LogP) is 7.18. The Balaban J connectivity index is 1.22. The second kappa shape index (κ2) is 7.15. The monoisotopic (exact) mass is 462 g/mol. The molecule has 0 radical (unpaired) electrons. The molecule has 3 aromatic carbocycles. The molecule has 3 aliphatic rings. The number of hydrogen-bond acceptors (Lipinski definition) is 4. The van der Waals surface area contributed by atoms with Crippen LogP contribution >= 0.6 is 11.3 Å². The van der Waals surface area contributed by atoms with Crippen molar-refractivity contribution < 1.29 is 9.21 Å². The summed E-state index contributed by atoms with van der Waals surface area (Å²) in [6.45, 7) is 2.11. The van der Waals surface area contributed by atoms with E-state index in [9.17, 15) is 4.79 Å². The van der Waals surface area contributed by atoms with Gasteiger partial charge in [-0.15, -0.1) is 11.3 Å². The van der Waals surface area contributed by atoms with Gasteiger partial charge >= 0.3 is 0 Å². The maximum atomic E-state index is 13.8. The smallest absolute Gasteiger partial charge is 0.233 e. The Kier molecular flexibility index (Phi) is 4.15. The van der Waals surface area contributed by atoms with Crippen LogP contribution < -0.4 is 5.32 Å². The van der Waals surface area contributed by atoms with Crippen LogP contribution in [0.1, 0.15) is 47.4 Å². The van der Waals surface area contributed by atoms with Crippen LogP contribution in [0.25, 0.3) is 22.4 Å². The minimum atomic E-state index is -0.557. The van der Waals surface area contributed by atoms with E-state index >= 15 is 0 Å². The fourth-order valence-electron chi connectivity index (χ4n) is 5.98. The van der Waals surface area contributed by atoms with Gasteiger partial charge in [0.2, 0.25) is 5.91 Å². The number of carbonyl (C=O) groups is 1. The molecular formula is C29H22N2O2S. The average molecular weight is 463 g/mol. The molecule has 166 valence electrons. The van der Waals surface area contributed by atoms with Gasteiger partial charge in [-0.25, -0.2) is 4.98 Å². The third kappa shape index (κ3) is 2.77. The van der Waals surface area contributed by atoms with Gasteiger partial charge in [-0.2, -0.15) is 0 Å². The molecule has 2 bridgehead atoms. The number of benzene rings is 3. The molecule has 5 heteroatoms. The van der Waals surface area contributed by atoms with E-state index in [1.54, 1.807) is 0 Å². The predicted molar refractivity (Wildman–Crippen MR) is 135 cm³/mol. The molecule has 0 fully saturated rings. The zero-order chi connectivity index (χ0) is 22.9. The summed E-state index contributed by atoms with van der Waals surface area (Å²) in [7, 11) is 0. The summed E-state index contributed by atoms with van der Waals surface area (Å²) in [6, 6.07) is 27.1. The lowest BCUT2D eigenvalue weighted by Crippen LogP contribution is -2.47. The quantitative estimate of drug-likeness (QED) is 0.309. The van der Waals surface area contributed by atoms with Crippen molar-refractivity contribution in [1.29, 1.82) is 0 Å². The maximum absolute atomic E-state index is 13.8. The second-order valence-electron chi connectivity index (χ2n) is 9.51. The van der Waals surface area contributed by atoms with Crippen molar-refractivity contribution in [2.24, 2.45) is 5.41 Å². The van der Waals surface area contributed by atoms with Crippen molar-refractivity contribution in [3.8, 4) is 11.5 Å². The molecule has 1 atom stereocenters. The van der Waals surface area contributed by atoms with Crippen molar-refractivity contribution in [3.63, 3.8) is 0 Å². The number of fused-ring (bicyclic) bond motifs is 2. The van der Waals surface area contributed by atoms with Crippen molar-refractivity contribution in [1.82, 2.24) is 4.98 Å². The van der Waals surface area contributed by atoms with E-state index in [1.165, 1.54) is 33.6 Å². The van der Waals surface area contributed by atoms with E-state index in [-0.39, 0.29) is 17.7 Å². The van der Waals surface area contributed by atoms with Crippen molar-refractivity contribution in [2.45, 2.75) is 25.2 Å². The van der Waals surface area contributed by atoms with Crippen molar-refractivity contribution in [2.75, 3.05) is 5.32 Å². The Bertz CT molecular complexity index is 1500. The number of furan rings is 1. The molecule has 1 N–H and O–H groups in total. The molecule has 0 unspecified atom stereocenters. The van der Waals surface area contributed by atoms with E-state index in [1.807, 2.05) is 35.7 Å². The van der Waals surface area contributed by atoms with E-state index in [0.29, 0.717) is 10.9 Å². The van der Waals surface area contributed by atoms with Crippen LogP contribution in [0.2, 0.25) is 0 Å². The summed E-state index contributed by atoms with van der Waals surface area (Å²) >= 11 is 1.43. The summed E-state index contributed by atoms with van der Waals surface area (Å²) < 4.78 is 5.96. The molecule has 5 aromatic rings. The van der Waals surface area contributed by atoms with Gasteiger partial charge in [0, 0.05) is 22.6 Å². The number of aromatic nitrogens is 1. The van der Waals surface area contributed by atoms with Crippen LogP contribution in [0.5, 0.6) is 0 Å². The summed E-state index contributed by atoms with van der Waals surface area (Å²) in [5.74, 6) is 0.996. The molecule has 1 amide bonds. The molecule has 8 rings (SSSR count). The van der Waals surface area contributed by atoms with Gasteiger partial charge in [-0.1, -0.05) is 66.7 Å². The second-order valence-corrected chi connectivity index (χ2v) is 10.4. The van der Waals surface area contributed by atoms with Crippen LogP contribution in [0.4, 0.5) is 5.13 Å². The number of hydrogen-bond donors (Lipinski definition) is 1. The van der Waals surface area contributed by atoms with Crippen LogP contribution in [-0.4, -0.2) is 10.9 Å². The summed E-state index contributed by atoms with van der Waals surface area (Å²) in [5, 5.41) is 6.73. The standard InChI is InChI=1S/C29H22N2O2S/c1-29(15-22-18-9-3-5-11-20(18)26(29)21-12-6-4-10-19(21)22)27(32)31-28-30-23(16-34-28)25-14-17-8-2-7-13-24(17)33-25/h2-14,16,22,26H,15H2,1H3,(H,30,31,32)/t22?,26?,29-/m0/s1. The highest BCUT2D eigenvalue weighted by molar-refractivity contribution is 7.14. The van der Waals surface area contributed by atoms with Crippen LogP contribution in [0.3, 0.4) is 0 Å². The van der Waals surface area contributed by atoms with Crippen molar-refractivity contribution >= 4 is 33.3 Å². The number of carbonyl (C=O) groups excluding carboxylic acids is 1. The average Bonchev–Trinajstić information content (AvgIpc) is 3.51. The number of anilines is 1. The number of nitrogens with zero attached hydrogens (tertiary/aromatic N) is 1. The first-order valence-corrected chi connectivity index (χ1v) is 12.4. The van der Waals surface area contributed by atoms with Crippen LogP contribution in [0.15, 0.2) is 88.7 Å². The Labute approximate surface area is 201 Å². The Morgan fingerprint density at radius 2 is 1.62 bits per heavy atom. The van der Waals surface area contributed by atoms with Crippen LogP contribution in [-0.2, 0) is 4.79 Å². The lowest BCUT2D eigenvalue weighted by Gasteiger charge is -2.50. The van der Waals surface area contributed by atoms with Gasteiger partial charge < -0.3 is 9.73 Å². The Morgan fingerprint density at radius 1 is 0.971 bits per heavy atom. The first-order valence-electron chi connectivity index (χ1n) is 11.6. The first-order chi connectivity index (χ1) is 16.6. The molecule has 0 spiro atoms. The molecule has 34 heavy (non-hydrogen) atoms. The molecule has 0 saturated heterocycles. The number of nitrogens with one attached hydrogen (secondary N) is 1. The first kappa shape index (κ1) is 19.7. The van der Waals surface area contributed by atoms with E-state index in [2.05, 4.69) is 65.8 Å². The normalized spacial score (nSPS) is 22.4. The largest absolute Gasteiger partial charge is 0.454 e. The Hall–Kier alpha value is -3.70. The van der Waals surface area contributed by atoms with Gasteiger partial charge in [0.1, 0.15) is 11.3 Å². The Morgan fingerprint density at radius 3 is 2.32 bits per heavy atom. The van der Waals surface area contributed by atoms with Crippen molar-refractivity contribution in [3.05, 3.63) is 106 Å². The van der Waals surface area contributed by atoms with Gasteiger partial charge in [-0.3, -0.25) is 4.79 Å². The highest BCUT2D eigenvalue weighted by Gasteiger charge is 2.53. The summed E-state index contributed by atoms with van der Waals surface area (Å²) in [4.78, 5) is 18.5. The highest BCUT2D eigenvalue weighted by Crippen LogP contribution is 2.61. The van der Waals surface area contributed by atoms with Crippen LogP contribution in [0, 0.1) is 5.41 Å². The molecule has 0 saturated carbocycles. The van der Waals surface area contributed by atoms with E-state index < -0.39 is 5.41 Å². The third-order valence-electron chi connectivity index (χ3n) is 7.55. The topological polar surface area (TPSA) is 55.1 Å². The lowest BCUT2D eigenvalue weighted by molar-refractivity contribution is -0.126. The van der Waals surface area contributed by atoms with Gasteiger partial charge in [0.25, 0.3) is 0 Å². The molecule has 4 nitrogen and oxygen atoms in total. The fourth-order valence-corrected chi connectivity index (χ4v) is 6.68. The van der Waals surface area contributed by atoms with E-state index in [0.717, 1.165) is 23.1 Å². The number of amides is 1. The zero-order valence-corrected chi connectivity index (χ0v) is 19.4. The molecular weight excluding hydrogens is 440 g/mol. The fraction of sp³-hybridized carbons (Fsp3) is 0.172. The highest BCUT2D eigenvalue weighted by atomic mass is 32.1. The van der Waals surface area contributed by atoms with E-state index in [4.69, 9.17) is 4.42 Å². The molecule has 2 heterocycles. The maximum Gasteiger partial charge on any atom is 0.233 e. The zero-order valence-electron chi connectivity index (χ0n) is 18.6. The number of thiazole rings is 1. The van der Waals surface area contributed by atoms with Gasteiger partial charge in [0.05, 0.1) is 5.41 Å². The van der Waals surface area contributed by atoms with Gasteiger partial charge in [0.15, 0.2) is 10.9 Å².